The van der Waals surface area contributed by atoms with Crippen LogP contribution < -0.4 is 10.2 Å². The Labute approximate surface area is 112 Å². The number of hydrogen-bond donors (Lipinski definition) is 1. The minimum absolute atomic E-state index is 0.0328. The van der Waals surface area contributed by atoms with Crippen molar-refractivity contribution in [1.82, 2.24) is 10.3 Å². The Morgan fingerprint density at radius 2 is 2.16 bits per heavy atom. The lowest BCUT2D eigenvalue weighted by Crippen LogP contribution is -2.53. The van der Waals surface area contributed by atoms with Crippen LogP contribution in [0.2, 0.25) is 5.15 Å². The topological polar surface area (TPSA) is 45.2 Å². The maximum atomic E-state index is 12.7. The second kappa shape index (κ2) is 4.88. The minimum Gasteiger partial charge on any atom is -0.350 e. The van der Waals surface area contributed by atoms with Crippen molar-refractivity contribution in [3.63, 3.8) is 0 Å². The van der Waals surface area contributed by atoms with Gasteiger partial charge in [0.25, 0.3) is 0 Å². The number of pyridine rings is 1. The van der Waals surface area contributed by atoms with Gasteiger partial charge in [-0.15, -0.1) is 0 Å². The van der Waals surface area contributed by atoms with Crippen molar-refractivity contribution in [3.05, 3.63) is 22.8 Å². The molecule has 1 atom stereocenters. The second-order valence-corrected chi connectivity index (χ2v) is 4.77. The van der Waals surface area contributed by atoms with E-state index in [0.29, 0.717) is 6.54 Å². The average Bonchev–Trinajstić information content (AvgIpc) is 2.25. The molecular formula is C11H11ClF3N3O. The molecule has 1 aromatic rings. The number of anilines is 1. The van der Waals surface area contributed by atoms with Crippen LogP contribution in [0.3, 0.4) is 0 Å². The van der Waals surface area contributed by atoms with Gasteiger partial charge in [0.2, 0.25) is 5.91 Å². The zero-order chi connectivity index (χ0) is 14.2. The maximum absolute atomic E-state index is 12.7. The van der Waals surface area contributed by atoms with Gasteiger partial charge in [-0.3, -0.25) is 4.79 Å². The molecule has 2 heterocycles. The monoisotopic (exact) mass is 293 g/mol. The second-order valence-electron chi connectivity index (χ2n) is 4.38. The van der Waals surface area contributed by atoms with Gasteiger partial charge in [-0.25, -0.2) is 4.98 Å². The summed E-state index contributed by atoms with van der Waals surface area (Å²) in [6.45, 7) is 2.12. The van der Waals surface area contributed by atoms with Crippen LogP contribution in [0.25, 0.3) is 0 Å². The highest BCUT2D eigenvalue weighted by molar-refractivity contribution is 6.29. The summed E-state index contributed by atoms with van der Waals surface area (Å²) >= 11 is 5.61. The summed E-state index contributed by atoms with van der Waals surface area (Å²) < 4.78 is 38.1. The van der Waals surface area contributed by atoms with E-state index in [1.807, 2.05) is 0 Å². The first kappa shape index (κ1) is 13.9. The van der Waals surface area contributed by atoms with E-state index in [1.54, 1.807) is 6.92 Å². The lowest BCUT2D eigenvalue weighted by atomic mass is 10.2. The number of hydrogen-bond acceptors (Lipinski definition) is 3. The molecular weight excluding hydrogens is 283 g/mol. The van der Waals surface area contributed by atoms with E-state index < -0.39 is 11.7 Å². The molecule has 0 radical (unpaired) electrons. The van der Waals surface area contributed by atoms with Gasteiger partial charge in [-0.1, -0.05) is 11.6 Å². The van der Waals surface area contributed by atoms with Gasteiger partial charge in [-0.2, -0.15) is 13.2 Å². The minimum atomic E-state index is -4.50. The van der Waals surface area contributed by atoms with Gasteiger partial charge in [0.15, 0.2) is 0 Å². The smallest absolute Gasteiger partial charge is 0.350 e. The quantitative estimate of drug-likeness (QED) is 0.806. The van der Waals surface area contributed by atoms with Crippen LogP contribution in [-0.4, -0.2) is 30.0 Å². The Hall–Kier alpha value is -1.50. The molecule has 1 amide bonds. The number of rotatable bonds is 1. The van der Waals surface area contributed by atoms with Crippen molar-refractivity contribution >= 4 is 23.3 Å². The van der Waals surface area contributed by atoms with Crippen molar-refractivity contribution in [2.45, 2.75) is 19.1 Å². The number of amides is 1. The van der Waals surface area contributed by atoms with Gasteiger partial charge >= 0.3 is 6.18 Å². The number of halogens is 4. The summed E-state index contributed by atoms with van der Waals surface area (Å²) in [6, 6.07) is 1.51. The van der Waals surface area contributed by atoms with E-state index in [0.717, 1.165) is 12.1 Å². The lowest BCUT2D eigenvalue weighted by Gasteiger charge is -2.32. The van der Waals surface area contributed by atoms with E-state index in [-0.39, 0.29) is 29.5 Å². The van der Waals surface area contributed by atoms with Gasteiger partial charge < -0.3 is 10.2 Å². The summed E-state index contributed by atoms with van der Waals surface area (Å²) in [4.78, 5) is 16.7. The highest BCUT2D eigenvalue weighted by atomic mass is 35.5. The third-order valence-electron chi connectivity index (χ3n) is 2.67. The van der Waals surface area contributed by atoms with Crippen LogP contribution in [0.4, 0.5) is 19.0 Å². The molecule has 1 unspecified atom stereocenters. The van der Waals surface area contributed by atoms with Crippen LogP contribution in [-0.2, 0) is 11.0 Å². The molecule has 8 heteroatoms. The van der Waals surface area contributed by atoms with Gasteiger partial charge in [0, 0.05) is 12.6 Å². The molecule has 1 aliphatic rings. The first-order valence-electron chi connectivity index (χ1n) is 5.55. The highest BCUT2D eigenvalue weighted by Gasteiger charge is 2.33. The summed E-state index contributed by atoms with van der Waals surface area (Å²) in [5, 5.41) is 2.43. The molecule has 104 valence electrons. The zero-order valence-electron chi connectivity index (χ0n) is 9.96. The fourth-order valence-corrected chi connectivity index (χ4v) is 2.12. The number of aromatic nitrogens is 1. The zero-order valence-corrected chi connectivity index (χ0v) is 10.7. The van der Waals surface area contributed by atoms with E-state index in [4.69, 9.17) is 11.6 Å². The standard InChI is InChI=1S/C11H11ClF3N3O/c1-6-4-18(5-10(19)16-6)9-3-7(11(13,14)15)2-8(12)17-9/h2-3,6H,4-5H2,1H3,(H,16,19). The molecule has 1 aromatic heterocycles. The predicted molar refractivity (Wildman–Crippen MR) is 64.1 cm³/mol. The summed E-state index contributed by atoms with van der Waals surface area (Å²) in [5.74, 6) is -0.199. The van der Waals surface area contributed by atoms with Crippen LogP contribution in [0.1, 0.15) is 12.5 Å². The third kappa shape index (κ3) is 3.28. The van der Waals surface area contributed by atoms with E-state index >= 15 is 0 Å². The molecule has 4 nitrogen and oxygen atoms in total. The molecule has 0 saturated carbocycles. The number of nitrogens with one attached hydrogen (secondary N) is 1. The Bertz CT molecular complexity index is 506. The molecule has 0 spiro atoms. The summed E-state index contributed by atoms with van der Waals surface area (Å²) in [6.07, 6.45) is -4.50. The van der Waals surface area contributed by atoms with Gasteiger partial charge in [0.05, 0.1) is 12.1 Å². The van der Waals surface area contributed by atoms with Crippen molar-refractivity contribution in [2.24, 2.45) is 0 Å². The molecule has 1 saturated heterocycles. The summed E-state index contributed by atoms with van der Waals surface area (Å²) in [7, 11) is 0. The lowest BCUT2D eigenvalue weighted by molar-refractivity contribution is -0.137. The SMILES string of the molecule is CC1CN(c2cc(C(F)(F)F)cc(Cl)n2)CC(=O)N1. The molecule has 1 aliphatic heterocycles. The molecule has 1 N–H and O–H groups in total. The fraction of sp³-hybridized carbons (Fsp3) is 0.455. The van der Waals surface area contributed by atoms with Crippen molar-refractivity contribution < 1.29 is 18.0 Å². The first-order chi connectivity index (χ1) is 8.75. The van der Waals surface area contributed by atoms with Crippen LogP contribution in [0, 0.1) is 0 Å². The molecule has 0 bridgehead atoms. The fourth-order valence-electron chi connectivity index (χ4n) is 1.92. The van der Waals surface area contributed by atoms with E-state index in [2.05, 4.69) is 10.3 Å². The van der Waals surface area contributed by atoms with Crippen LogP contribution in [0.5, 0.6) is 0 Å². The predicted octanol–water partition coefficient (Wildman–Crippen LogP) is 2.08. The Kier molecular flexibility index (Phi) is 3.58. The third-order valence-corrected chi connectivity index (χ3v) is 2.86. The molecule has 2 rings (SSSR count). The van der Waals surface area contributed by atoms with Gasteiger partial charge in [0.1, 0.15) is 11.0 Å². The highest BCUT2D eigenvalue weighted by Crippen LogP contribution is 2.32. The Morgan fingerprint density at radius 3 is 2.74 bits per heavy atom. The van der Waals surface area contributed by atoms with Crippen molar-refractivity contribution in [1.29, 1.82) is 0 Å². The molecule has 0 aliphatic carbocycles. The summed E-state index contributed by atoms with van der Waals surface area (Å²) in [5.41, 5.74) is -0.874. The van der Waals surface area contributed by atoms with E-state index in [9.17, 15) is 18.0 Å². The van der Waals surface area contributed by atoms with Crippen molar-refractivity contribution in [3.8, 4) is 0 Å². The molecule has 1 fully saturated rings. The normalized spacial score (nSPS) is 20.4. The van der Waals surface area contributed by atoms with E-state index in [1.165, 1.54) is 4.90 Å². The number of carbonyl (C=O) groups is 1. The average molecular weight is 294 g/mol. The first-order valence-corrected chi connectivity index (χ1v) is 5.92. The number of piperazine rings is 1. The number of nitrogens with zero attached hydrogens (tertiary/aromatic N) is 2. The largest absolute Gasteiger partial charge is 0.416 e. The number of alkyl halides is 3. The Balaban J connectivity index is 2.34. The Morgan fingerprint density at radius 1 is 1.47 bits per heavy atom. The van der Waals surface area contributed by atoms with Crippen LogP contribution >= 0.6 is 11.6 Å². The number of carbonyl (C=O) groups excluding carboxylic acids is 1. The molecule has 0 aromatic carbocycles. The van der Waals surface area contributed by atoms with Crippen molar-refractivity contribution in [2.75, 3.05) is 18.0 Å². The molecule has 19 heavy (non-hydrogen) atoms. The van der Waals surface area contributed by atoms with Crippen LogP contribution in [0.15, 0.2) is 12.1 Å². The maximum Gasteiger partial charge on any atom is 0.416 e. The van der Waals surface area contributed by atoms with Gasteiger partial charge in [-0.05, 0) is 19.1 Å².